The number of nitrogens with one attached hydrogen (secondary N) is 1. The molecule has 0 spiro atoms. The Kier molecular flexibility index (Phi) is 6.81. The van der Waals surface area contributed by atoms with Crippen LogP contribution in [0.5, 0.6) is 5.75 Å². The summed E-state index contributed by atoms with van der Waals surface area (Å²) < 4.78 is 5.80. The van der Waals surface area contributed by atoms with Crippen molar-refractivity contribution in [1.82, 2.24) is 5.32 Å². The smallest absolute Gasteiger partial charge is 0.122 e. The molecule has 1 N–H and O–H groups in total. The van der Waals surface area contributed by atoms with Gasteiger partial charge in [0.05, 0.1) is 6.61 Å². The summed E-state index contributed by atoms with van der Waals surface area (Å²) in [5.41, 5.74) is 2.52. The zero-order valence-electron chi connectivity index (χ0n) is 12.3. The summed E-state index contributed by atoms with van der Waals surface area (Å²) in [6.07, 6.45) is 3.59. The Morgan fingerprint density at radius 2 is 1.89 bits per heavy atom. The number of aryl methyl sites for hydroxylation is 2. The molecule has 0 aliphatic heterocycles. The van der Waals surface area contributed by atoms with Gasteiger partial charge in [-0.3, -0.25) is 0 Å². The molecule has 1 aromatic rings. The van der Waals surface area contributed by atoms with Crippen molar-refractivity contribution in [1.29, 1.82) is 0 Å². The molecule has 0 radical (unpaired) electrons. The predicted molar refractivity (Wildman–Crippen MR) is 78.4 cm³/mol. The molecule has 1 rings (SSSR count). The summed E-state index contributed by atoms with van der Waals surface area (Å²) in [5.74, 6) is 1.03. The van der Waals surface area contributed by atoms with E-state index in [-0.39, 0.29) is 0 Å². The highest BCUT2D eigenvalue weighted by atomic mass is 16.5. The Labute approximate surface area is 112 Å². The third kappa shape index (κ3) is 6.06. The van der Waals surface area contributed by atoms with Crippen LogP contribution in [0.25, 0.3) is 0 Å². The Hall–Kier alpha value is -1.02. The normalized spacial score (nSPS) is 10.9. The van der Waals surface area contributed by atoms with Gasteiger partial charge >= 0.3 is 0 Å². The first-order chi connectivity index (χ1) is 8.59. The van der Waals surface area contributed by atoms with Gasteiger partial charge in [0, 0.05) is 6.04 Å². The van der Waals surface area contributed by atoms with Crippen LogP contribution in [0.4, 0.5) is 0 Å². The van der Waals surface area contributed by atoms with E-state index in [1.165, 1.54) is 24.0 Å². The van der Waals surface area contributed by atoms with Crippen LogP contribution < -0.4 is 10.1 Å². The molecule has 102 valence electrons. The van der Waals surface area contributed by atoms with E-state index in [1.807, 2.05) is 0 Å². The van der Waals surface area contributed by atoms with E-state index in [0.717, 1.165) is 25.3 Å². The van der Waals surface area contributed by atoms with Crippen molar-refractivity contribution in [2.24, 2.45) is 0 Å². The van der Waals surface area contributed by atoms with E-state index in [0.29, 0.717) is 6.04 Å². The molecule has 0 aliphatic carbocycles. The minimum absolute atomic E-state index is 0.594. The first-order valence-corrected chi connectivity index (χ1v) is 7.03. The maximum Gasteiger partial charge on any atom is 0.122 e. The molecule has 2 heteroatoms. The van der Waals surface area contributed by atoms with E-state index >= 15 is 0 Å². The fourth-order valence-corrected chi connectivity index (χ4v) is 1.94. The summed E-state index contributed by atoms with van der Waals surface area (Å²) >= 11 is 0. The first-order valence-electron chi connectivity index (χ1n) is 7.03. The fraction of sp³-hybridized carbons (Fsp3) is 0.625. The topological polar surface area (TPSA) is 21.3 Å². The number of unbranched alkanes of at least 4 members (excludes halogenated alkanes) is 2. The SMILES string of the molecule is Cc1ccc(OCCCCCNC(C)C)c(C)c1. The van der Waals surface area contributed by atoms with Crippen molar-refractivity contribution in [2.75, 3.05) is 13.2 Å². The summed E-state index contributed by atoms with van der Waals surface area (Å²) in [7, 11) is 0. The molecule has 0 atom stereocenters. The Bertz CT molecular complexity index is 347. The molecule has 0 saturated heterocycles. The molecule has 0 saturated carbocycles. The van der Waals surface area contributed by atoms with Gasteiger partial charge in [-0.15, -0.1) is 0 Å². The maximum atomic E-state index is 5.80. The quantitative estimate of drug-likeness (QED) is 0.707. The number of benzene rings is 1. The van der Waals surface area contributed by atoms with Crippen molar-refractivity contribution in [3.05, 3.63) is 29.3 Å². The molecule has 0 fully saturated rings. The summed E-state index contributed by atoms with van der Waals surface area (Å²) in [6, 6.07) is 6.94. The second kappa shape index (κ2) is 8.15. The number of rotatable bonds is 8. The summed E-state index contributed by atoms with van der Waals surface area (Å²) in [4.78, 5) is 0. The molecular weight excluding hydrogens is 222 g/mol. The molecular formula is C16H27NO. The van der Waals surface area contributed by atoms with Crippen LogP contribution in [0.15, 0.2) is 18.2 Å². The molecule has 0 aromatic heterocycles. The second-order valence-corrected chi connectivity index (χ2v) is 5.29. The van der Waals surface area contributed by atoms with Crippen molar-refractivity contribution in [3.8, 4) is 5.75 Å². The highest BCUT2D eigenvalue weighted by Crippen LogP contribution is 2.18. The van der Waals surface area contributed by atoms with Crippen molar-refractivity contribution in [3.63, 3.8) is 0 Å². The largest absolute Gasteiger partial charge is 0.493 e. The van der Waals surface area contributed by atoms with Gasteiger partial charge in [0.15, 0.2) is 0 Å². The maximum absolute atomic E-state index is 5.80. The lowest BCUT2D eigenvalue weighted by atomic mass is 10.1. The number of hydrogen-bond donors (Lipinski definition) is 1. The monoisotopic (exact) mass is 249 g/mol. The molecule has 0 heterocycles. The molecule has 2 nitrogen and oxygen atoms in total. The molecule has 0 amide bonds. The standard InChI is InChI=1S/C16H27NO/c1-13(2)17-10-6-5-7-11-18-16-9-8-14(3)12-15(16)4/h8-9,12-13,17H,5-7,10-11H2,1-4H3. The average Bonchev–Trinajstić information content (AvgIpc) is 2.30. The van der Waals surface area contributed by atoms with E-state index in [1.54, 1.807) is 0 Å². The van der Waals surface area contributed by atoms with Crippen LogP contribution in [0.2, 0.25) is 0 Å². The third-order valence-corrected chi connectivity index (χ3v) is 2.96. The van der Waals surface area contributed by atoms with Crippen LogP contribution in [0.1, 0.15) is 44.2 Å². The Morgan fingerprint density at radius 1 is 1.11 bits per heavy atom. The van der Waals surface area contributed by atoms with Gasteiger partial charge in [0.25, 0.3) is 0 Å². The first kappa shape index (κ1) is 15.0. The van der Waals surface area contributed by atoms with Gasteiger partial charge in [0.1, 0.15) is 5.75 Å². The molecule has 0 aliphatic rings. The van der Waals surface area contributed by atoms with Gasteiger partial charge in [-0.25, -0.2) is 0 Å². The van der Waals surface area contributed by atoms with Crippen molar-refractivity contribution in [2.45, 2.75) is 53.0 Å². The van der Waals surface area contributed by atoms with E-state index in [4.69, 9.17) is 4.74 Å². The lowest BCUT2D eigenvalue weighted by Gasteiger charge is -2.10. The highest BCUT2D eigenvalue weighted by molar-refractivity contribution is 5.35. The lowest BCUT2D eigenvalue weighted by molar-refractivity contribution is 0.302. The van der Waals surface area contributed by atoms with Crippen LogP contribution in [0.3, 0.4) is 0 Å². The minimum atomic E-state index is 0.594. The van der Waals surface area contributed by atoms with Gasteiger partial charge in [0.2, 0.25) is 0 Å². The van der Waals surface area contributed by atoms with Crippen LogP contribution in [0, 0.1) is 13.8 Å². The fourth-order valence-electron chi connectivity index (χ4n) is 1.94. The summed E-state index contributed by atoms with van der Waals surface area (Å²) in [6.45, 7) is 10.5. The van der Waals surface area contributed by atoms with Crippen LogP contribution >= 0.6 is 0 Å². The molecule has 0 unspecified atom stereocenters. The highest BCUT2D eigenvalue weighted by Gasteiger charge is 1.99. The van der Waals surface area contributed by atoms with Crippen LogP contribution in [-0.4, -0.2) is 19.2 Å². The Morgan fingerprint density at radius 3 is 2.56 bits per heavy atom. The van der Waals surface area contributed by atoms with Crippen molar-refractivity contribution >= 4 is 0 Å². The van der Waals surface area contributed by atoms with E-state index < -0.39 is 0 Å². The minimum Gasteiger partial charge on any atom is -0.493 e. The molecule has 18 heavy (non-hydrogen) atoms. The zero-order valence-corrected chi connectivity index (χ0v) is 12.3. The third-order valence-electron chi connectivity index (χ3n) is 2.96. The van der Waals surface area contributed by atoms with Gasteiger partial charge in [-0.2, -0.15) is 0 Å². The number of hydrogen-bond acceptors (Lipinski definition) is 2. The number of ether oxygens (including phenoxy) is 1. The van der Waals surface area contributed by atoms with E-state index in [9.17, 15) is 0 Å². The predicted octanol–water partition coefficient (Wildman–Crippen LogP) is 3.85. The molecule has 1 aromatic carbocycles. The molecule has 0 bridgehead atoms. The van der Waals surface area contributed by atoms with E-state index in [2.05, 4.69) is 51.2 Å². The van der Waals surface area contributed by atoms with Crippen LogP contribution in [-0.2, 0) is 0 Å². The average molecular weight is 249 g/mol. The summed E-state index contributed by atoms with van der Waals surface area (Å²) in [5, 5.41) is 3.43. The van der Waals surface area contributed by atoms with Gasteiger partial charge in [-0.05, 0) is 51.3 Å². The lowest BCUT2D eigenvalue weighted by Crippen LogP contribution is -2.23. The van der Waals surface area contributed by atoms with Gasteiger partial charge in [-0.1, -0.05) is 31.5 Å². The Balaban J connectivity index is 2.11. The van der Waals surface area contributed by atoms with Gasteiger partial charge < -0.3 is 10.1 Å². The second-order valence-electron chi connectivity index (χ2n) is 5.29. The van der Waals surface area contributed by atoms with Crippen molar-refractivity contribution < 1.29 is 4.74 Å². The zero-order chi connectivity index (χ0) is 13.4.